The first-order valence-electron chi connectivity index (χ1n) is 11.6. The first kappa shape index (κ1) is 22.5. The molecule has 2 aliphatic heterocycles. The molecule has 0 radical (unpaired) electrons. The van der Waals surface area contributed by atoms with E-state index in [-0.39, 0.29) is 35.8 Å². The summed E-state index contributed by atoms with van der Waals surface area (Å²) in [4.78, 5) is 38.8. The van der Waals surface area contributed by atoms with Crippen molar-refractivity contribution in [1.29, 1.82) is 0 Å². The Bertz CT molecular complexity index is 735. The molecule has 31 heavy (non-hydrogen) atoms. The van der Waals surface area contributed by atoms with Gasteiger partial charge in [0.15, 0.2) is 0 Å². The maximum Gasteiger partial charge on any atom is 0.311 e. The number of carbonyl (C=O) groups excluding carboxylic acids is 3. The highest BCUT2D eigenvalue weighted by molar-refractivity contribution is 5.76. The highest BCUT2D eigenvalue weighted by atomic mass is 16.6. The van der Waals surface area contributed by atoms with Gasteiger partial charge >= 0.3 is 17.9 Å². The number of hydrogen-bond donors (Lipinski definition) is 1. The fourth-order valence-corrected chi connectivity index (χ4v) is 7.03. The summed E-state index contributed by atoms with van der Waals surface area (Å²) < 4.78 is 17.2. The number of rotatable bonds is 4. The number of hydrogen-bond acceptors (Lipinski definition) is 8. The fourth-order valence-electron chi connectivity index (χ4n) is 7.03. The third kappa shape index (κ3) is 3.86. The summed E-state index contributed by atoms with van der Waals surface area (Å²) in [5, 5.41) is 11.8. The molecule has 8 nitrogen and oxygen atoms in total. The van der Waals surface area contributed by atoms with Gasteiger partial charge in [-0.3, -0.25) is 14.4 Å². The topological polar surface area (TPSA) is 102 Å². The smallest absolute Gasteiger partial charge is 0.311 e. The van der Waals surface area contributed by atoms with Gasteiger partial charge in [0.1, 0.15) is 18.3 Å². The van der Waals surface area contributed by atoms with Crippen molar-refractivity contribution in [3.8, 4) is 0 Å². The summed E-state index contributed by atoms with van der Waals surface area (Å²) in [5.74, 6) is -2.03. The maximum absolute atomic E-state index is 12.8. The molecule has 2 saturated carbocycles. The highest BCUT2D eigenvalue weighted by Crippen LogP contribution is 2.58. The molecule has 2 aliphatic carbocycles. The van der Waals surface area contributed by atoms with E-state index in [4.69, 9.17) is 14.2 Å². The molecule has 0 unspecified atom stereocenters. The van der Waals surface area contributed by atoms with Gasteiger partial charge in [-0.1, -0.05) is 13.8 Å². The average molecular weight is 438 g/mol. The summed E-state index contributed by atoms with van der Waals surface area (Å²) in [6.45, 7) is 9.19. The molecule has 8 heteroatoms. The molecule has 9 atom stereocenters. The molecule has 2 heterocycles. The lowest BCUT2D eigenvalue weighted by atomic mass is 9.66. The number of ether oxygens (including phenoxy) is 3. The Kier molecular flexibility index (Phi) is 6.07. The first-order chi connectivity index (χ1) is 14.6. The molecule has 0 bridgehead atoms. The number of likely N-dealkylation sites (tertiary alicyclic amines) is 1. The molecule has 174 valence electrons. The van der Waals surface area contributed by atoms with Crippen LogP contribution in [0.3, 0.4) is 0 Å². The van der Waals surface area contributed by atoms with Crippen molar-refractivity contribution >= 4 is 17.9 Å². The largest absolute Gasteiger partial charge is 0.462 e. The number of fused-ring (bicyclic) bond motifs is 2. The van der Waals surface area contributed by atoms with Gasteiger partial charge in [-0.15, -0.1) is 0 Å². The summed E-state index contributed by atoms with van der Waals surface area (Å²) in [6.07, 6.45) is 0.822. The second-order valence-corrected chi connectivity index (χ2v) is 10.2. The Morgan fingerprint density at radius 2 is 1.81 bits per heavy atom. The van der Waals surface area contributed by atoms with Crippen LogP contribution in [0.15, 0.2) is 0 Å². The van der Waals surface area contributed by atoms with Gasteiger partial charge in [0.25, 0.3) is 0 Å². The number of esters is 3. The second-order valence-electron chi connectivity index (χ2n) is 10.2. The minimum atomic E-state index is -0.920. The molecule has 0 spiro atoms. The van der Waals surface area contributed by atoms with Crippen molar-refractivity contribution in [1.82, 2.24) is 4.90 Å². The second kappa shape index (κ2) is 8.35. The zero-order valence-corrected chi connectivity index (χ0v) is 18.9. The van der Waals surface area contributed by atoms with Gasteiger partial charge < -0.3 is 24.2 Å². The van der Waals surface area contributed by atoms with E-state index in [2.05, 4.69) is 4.90 Å². The maximum atomic E-state index is 12.8. The van der Waals surface area contributed by atoms with Crippen LogP contribution in [0.4, 0.5) is 0 Å². The van der Waals surface area contributed by atoms with Crippen LogP contribution in [-0.2, 0) is 28.6 Å². The predicted octanol–water partition coefficient (Wildman–Crippen LogP) is 1.53. The van der Waals surface area contributed by atoms with E-state index in [1.54, 1.807) is 0 Å². The molecule has 0 amide bonds. The Hall–Kier alpha value is -1.67. The first-order valence-corrected chi connectivity index (χ1v) is 11.6. The van der Waals surface area contributed by atoms with E-state index in [0.29, 0.717) is 19.4 Å². The summed E-state index contributed by atoms with van der Waals surface area (Å²) in [5.41, 5.74) is -0.845. The van der Waals surface area contributed by atoms with Gasteiger partial charge in [0.2, 0.25) is 0 Å². The zero-order valence-electron chi connectivity index (χ0n) is 18.9. The number of aliphatic hydroxyl groups is 1. The minimum absolute atomic E-state index is 0.0119. The van der Waals surface area contributed by atoms with Crippen LogP contribution < -0.4 is 0 Å². The molecule has 4 rings (SSSR count). The Morgan fingerprint density at radius 1 is 1.16 bits per heavy atom. The molecule has 4 fully saturated rings. The average Bonchev–Trinajstić information content (AvgIpc) is 3.32. The van der Waals surface area contributed by atoms with E-state index in [9.17, 15) is 19.5 Å². The Balaban J connectivity index is 1.69. The lowest BCUT2D eigenvalue weighted by Gasteiger charge is -2.43. The normalized spacial score (nSPS) is 44.9. The van der Waals surface area contributed by atoms with Crippen LogP contribution in [0.1, 0.15) is 53.4 Å². The van der Waals surface area contributed by atoms with Crippen molar-refractivity contribution in [3.05, 3.63) is 0 Å². The van der Waals surface area contributed by atoms with E-state index in [1.165, 1.54) is 13.8 Å². The van der Waals surface area contributed by atoms with Crippen molar-refractivity contribution in [2.24, 2.45) is 29.1 Å². The SMILES string of the molecule is CC(=O)O[C@H]1C[C@@H](OC(C)=O)[C@@H]2[C@H](C)C[C@H]3OC(=O)[C@@H](CN4CCCC4)[C@H]3[C@H](O)[C@@]21C. The minimum Gasteiger partial charge on any atom is -0.462 e. The molecule has 4 aliphatic rings. The van der Waals surface area contributed by atoms with Gasteiger partial charge in [-0.05, 0) is 38.3 Å². The van der Waals surface area contributed by atoms with E-state index >= 15 is 0 Å². The van der Waals surface area contributed by atoms with Crippen molar-refractivity contribution < 1.29 is 33.7 Å². The van der Waals surface area contributed by atoms with E-state index in [0.717, 1.165) is 25.9 Å². The molecule has 0 aromatic carbocycles. The highest BCUT2D eigenvalue weighted by Gasteiger charge is 2.67. The molecular weight excluding hydrogens is 402 g/mol. The molecule has 2 saturated heterocycles. The van der Waals surface area contributed by atoms with Crippen LogP contribution >= 0.6 is 0 Å². The molecular formula is C23H35NO7. The van der Waals surface area contributed by atoms with Gasteiger partial charge in [-0.25, -0.2) is 0 Å². The van der Waals surface area contributed by atoms with Crippen molar-refractivity contribution in [2.45, 2.75) is 77.8 Å². The monoisotopic (exact) mass is 437 g/mol. The van der Waals surface area contributed by atoms with Gasteiger partial charge in [0, 0.05) is 44.1 Å². The third-order valence-corrected chi connectivity index (χ3v) is 8.22. The van der Waals surface area contributed by atoms with Crippen LogP contribution in [0, 0.1) is 29.1 Å². The Morgan fingerprint density at radius 3 is 2.42 bits per heavy atom. The van der Waals surface area contributed by atoms with Crippen LogP contribution in [-0.4, -0.2) is 72.0 Å². The van der Waals surface area contributed by atoms with Crippen LogP contribution in [0.25, 0.3) is 0 Å². The van der Waals surface area contributed by atoms with Crippen molar-refractivity contribution in [3.63, 3.8) is 0 Å². The predicted molar refractivity (Wildman–Crippen MR) is 110 cm³/mol. The lowest BCUT2D eigenvalue weighted by Crippen LogP contribution is -2.52. The van der Waals surface area contributed by atoms with E-state index in [1.807, 2.05) is 13.8 Å². The fraction of sp³-hybridized carbons (Fsp3) is 0.870. The van der Waals surface area contributed by atoms with Gasteiger partial charge in [0.05, 0.1) is 12.0 Å². The van der Waals surface area contributed by atoms with E-state index < -0.39 is 35.6 Å². The summed E-state index contributed by atoms with van der Waals surface area (Å²) >= 11 is 0. The van der Waals surface area contributed by atoms with Crippen LogP contribution in [0.2, 0.25) is 0 Å². The third-order valence-electron chi connectivity index (χ3n) is 8.22. The zero-order chi connectivity index (χ0) is 22.5. The lowest BCUT2D eigenvalue weighted by molar-refractivity contribution is -0.165. The number of nitrogens with zero attached hydrogens (tertiary/aromatic N) is 1. The quantitative estimate of drug-likeness (QED) is 0.522. The van der Waals surface area contributed by atoms with Crippen molar-refractivity contribution in [2.75, 3.05) is 19.6 Å². The summed E-state index contributed by atoms with van der Waals surface area (Å²) in [6, 6.07) is 0. The van der Waals surface area contributed by atoms with Gasteiger partial charge in [-0.2, -0.15) is 0 Å². The molecule has 0 aromatic rings. The number of carbonyl (C=O) groups is 3. The molecule has 1 N–H and O–H groups in total. The number of aliphatic hydroxyl groups excluding tert-OH is 1. The Labute approximate surface area is 183 Å². The standard InChI is InChI=1S/C23H35NO7/c1-12-9-16-19(15(22(28)31-16)11-24-7-5-6-8-24)21(27)23(4)18(30-14(3)26)10-17(20(12)23)29-13(2)25/h12,15-21,27H,5-11H2,1-4H3/t12-,15+,16-,17-,18+,19-,20+,21+,23-/m1/s1. The summed E-state index contributed by atoms with van der Waals surface area (Å²) in [7, 11) is 0. The molecule has 0 aromatic heterocycles. The van der Waals surface area contributed by atoms with Crippen LogP contribution in [0.5, 0.6) is 0 Å².